The monoisotopic (exact) mass is 549 g/mol. The quantitative estimate of drug-likeness (QED) is 0.451. The van der Waals surface area contributed by atoms with E-state index in [1.807, 2.05) is 24.0 Å². The maximum Gasteiger partial charge on any atom is 0.261 e. The van der Waals surface area contributed by atoms with E-state index in [2.05, 4.69) is 10.2 Å². The molecule has 212 valence electrons. The molecule has 3 aliphatic heterocycles. The fourth-order valence-corrected chi connectivity index (χ4v) is 5.84. The van der Waals surface area contributed by atoms with Crippen molar-refractivity contribution in [1.82, 2.24) is 15.1 Å². The van der Waals surface area contributed by atoms with Crippen molar-refractivity contribution in [1.29, 1.82) is 0 Å². The highest BCUT2D eigenvalue weighted by Gasteiger charge is 2.42. The van der Waals surface area contributed by atoms with Crippen molar-refractivity contribution in [2.24, 2.45) is 0 Å². The summed E-state index contributed by atoms with van der Waals surface area (Å²) in [6, 6.07) is 12.3. The highest BCUT2D eigenvalue weighted by Crippen LogP contribution is 2.42. The van der Waals surface area contributed by atoms with E-state index in [0.717, 1.165) is 11.4 Å². The van der Waals surface area contributed by atoms with Gasteiger partial charge in [0.05, 0.1) is 35.7 Å². The molecule has 3 aliphatic rings. The van der Waals surface area contributed by atoms with Crippen molar-refractivity contribution >= 4 is 35.0 Å². The number of rotatable bonds is 9. The number of imide groups is 1. The number of ether oxygens (including phenoxy) is 1. The maximum absolute atomic E-state index is 13.1. The molecule has 2 aromatic rings. The first kappa shape index (κ1) is 27.4. The van der Waals surface area contributed by atoms with Crippen LogP contribution in [0.15, 0.2) is 42.5 Å². The van der Waals surface area contributed by atoms with Gasteiger partial charge in [-0.3, -0.25) is 24.1 Å². The SMILES string of the molecule is CCN1c2ccc(OCC(=O)NC3CCN(C(C)=O)CC3)cc2N(CCO)C1CN1C(=O)c2ccccc2C1=O. The van der Waals surface area contributed by atoms with Crippen LogP contribution in [0.5, 0.6) is 5.75 Å². The summed E-state index contributed by atoms with van der Waals surface area (Å²) in [6.07, 6.45) is 1.05. The summed E-state index contributed by atoms with van der Waals surface area (Å²) >= 11 is 0. The molecule has 11 nitrogen and oxygen atoms in total. The molecular formula is C29H35N5O6. The number of amides is 4. The van der Waals surface area contributed by atoms with Crippen LogP contribution in [0, 0.1) is 0 Å². The van der Waals surface area contributed by atoms with E-state index in [-0.39, 0.29) is 55.6 Å². The second-order valence-electron chi connectivity index (χ2n) is 10.2. The second-order valence-corrected chi connectivity index (χ2v) is 10.2. The van der Waals surface area contributed by atoms with Crippen molar-refractivity contribution in [3.8, 4) is 5.75 Å². The number of carbonyl (C=O) groups excluding carboxylic acids is 4. The molecule has 11 heteroatoms. The summed E-state index contributed by atoms with van der Waals surface area (Å²) in [7, 11) is 0. The summed E-state index contributed by atoms with van der Waals surface area (Å²) in [5.41, 5.74) is 2.50. The molecule has 1 saturated heterocycles. The molecule has 2 N–H and O–H groups in total. The fraction of sp³-hybridized carbons (Fsp3) is 0.448. The Kier molecular flexibility index (Phi) is 7.92. The van der Waals surface area contributed by atoms with Crippen LogP contribution in [0.4, 0.5) is 11.4 Å². The zero-order valence-electron chi connectivity index (χ0n) is 22.8. The van der Waals surface area contributed by atoms with Gasteiger partial charge in [-0.25, -0.2) is 0 Å². The minimum Gasteiger partial charge on any atom is -0.484 e. The van der Waals surface area contributed by atoms with Crippen LogP contribution in [0.1, 0.15) is 47.4 Å². The first-order valence-electron chi connectivity index (χ1n) is 13.7. The Balaban J connectivity index is 1.26. The van der Waals surface area contributed by atoms with Gasteiger partial charge in [-0.15, -0.1) is 0 Å². The number of β-amino-alcohol motifs (C(OH)–C–C–N with tert-alkyl or cyclic N) is 1. The van der Waals surface area contributed by atoms with Gasteiger partial charge in [0, 0.05) is 45.2 Å². The van der Waals surface area contributed by atoms with Crippen LogP contribution in [0.25, 0.3) is 0 Å². The highest BCUT2D eigenvalue weighted by molar-refractivity contribution is 6.21. The Bertz CT molecular complexity index is 1270. The predicted octanol–water partition coefficient (Wildman–Crippen LogP) is 1.45. The van der Waals surface area contributed by atoms with E-state index in [1.54, 1.807) is 42.2 Å². The average Bonchev–Trinajstić information content (AvgIpc) is 3.38. The number of aliphatic hydroxyl groups excluding tert-OH is 1. The smallest absolute Gasteiger partial charge is 0.261 e. The number of aliphatic hydroxyl groups is 1. The van der Waals surface area contributed by atoms with Crippen LogP contribution in [-0.2, 0) is 9.59 Å². The number of benzene rings is 2. The van der Waals surface area contributed by atoms with Crippen molar-refractivity contribution in [3.05, 3.63) is 53.6 Å². The topological polar surface area (TPSA) is 123 Å². The normalized spacial score (nSPS) is 18.7. The summed E-state index contributed by atoms with van der Waals surface area (Å²) in [5, 5.41) is 12.9. The Labute approximate surface area is 233 Å². The number of nitrogens with one attached hydrogen (secondary N) is 1. The lowest BCUT2D eigenvalue weighted by molar-refractivity contribution is -0.130. The van der Waals surface area contributed by atoms with Gasteiger partial charge in [-0.05, 0) is 44.0 Å². The molecule has 0 spiro atoms. The third-order valence-electron chi connectivity index (χ3n) is 7.87. The zero-order chi connectivity index (χ0) is 28.4. The molecule has 4 amide bonds. The first-order chi connectivity index (χ1) is 19.3. The fourth-order valence-electron chi connectivity index (χ4n) is 5.84. The van der Waals surface area contributed by atoms with Crippen molar-refractivity contribution in [2.75, 3.05) is 55.7 Å². The largest absolute Gasteiger partial charge is 0.484 e. The van der Waals surface area contributed by atoms with Gasteiger partial charge < -0.3 is 29.9 Å². The number of nitrogens with zero attached hydrogens (tertiary/aromatic N) is 4. The number of anilines is 2. The van der Waals surface area contributed by atoms with Crippen LogP contribution < -0.4 is 19.9 Å². The predicted molar refractivity (Wildman–Crippen MR) is 148 cm³/mol. The van der Waals surface area contributed by atoms with Gasteiger partial charge in [-0.1, -0.05) is 12.1 Å². The van der Waals surface area contributed by atoms with Gasteiger partial charge in [0.2, 0.25) is 5.91 Å². The van der Waals surface area contributed by atoms with Crippen molar-refractivity contribution < 1.29 is 29.0 Å². The van der Waals surface area contributed by atoms with Crippen LogP contribution in [0.2, 0.25) is 0 Å². The van der Waals surface area contributed by atoms with Gasteiger partial charge in [-0.2, -0.15) is 0 Å². The molecule has 0 aliphatic carbocycles. The molecule has 0 radical (unpaired) electrons. The minimum atomic E-state index is -0.367. The van der Waals surface area contributed by atoms with E-state index in [4.69, 9.17) is 4.74 Å². The lowest BCUT2D eigenvalue weighted by atomic mass is 10.1. The molecule has 2 aromatic carbocycles. The van der Waals surface area contributed by atoms with Crippen LogP contribution in [-0.4, -0.2) is 96.7 Å². The molecule has 3 heterocycles. The molecule has 0 aromatic heterocycles. The molecule has 40 heavy (non-hydrogen) atoms. The zero-order valence-corrected chi connectivity index (χ0v) is 22.8. The van der Waals surface area contributed by atoms with E-state index in [1.165, 1.54) is 4.90 Å². The Morgan fingerprint density at radius 1 is 1.00 bits per heavy atom. The van der Waals surface area contributed by atoms with Crippen LogP contribution >= 0.6 is 0 Å². The number of likely N-dealkylation sites (tertiary alicyclic amines) is 1. The molecule has 0 saturated carbocycles. The molecule has 1 fully saturated rings. The Morgan fingerprint density at radius 2 is 1.68 bits per heavy atom. The number of hydrogen-bond donors (Lipinski definition) is 2. The Morgan fingerprint density at radius 3 is 2.27 bits per heavy atom. The third-order valence-corrected chi connectivity index (χ3v) is 7.87. The van der Waals surface area contributed by atoms with Crippen molar-refractivity contribution in [3.63, 3.8) is 0 Å². The summed E-state index contributed by atoms with van der Waals surface area (Å²) in [6.45, 7) is 5.58. The summed E-state index contributed by atoms with van der Waals surface area (Å²) < 4.78 is 5.83. The summed E-state index contributed by atoms with van der Waals surface area (Å²) in [5.74, 6) is -0.321. The lowest BCUT2D eigenvalue weighted by Crippen LogP contribution is -2.52. The first-order valence-corrected chi connectivity index (χ1v) is 13.7. The standard InChI is InChI=1S/C29H35N5O6/c1-3-32-24-9-8-21(40-18-26(37)30-20-10-12-31(13-11-20)19(2)36)16-25(24)33(14-15-35)27(32)17-34-28(38)22-6-4-5-7-23(22)29(34)39/h4-9,16,20,27,35H,3,10-15,17-18H2,1-2H3,(H,30,37). The number of likely N-dealkylation sites (N-methyl/N-ethyl adjacent to an activating group) is 1. The Hall–Kier alpha value is -4.12. The summed E-state index contributed by atoms with van der Waals surface area (Å²) in [4.78, 5) is 57.3. The number of fused-ring (bicyclic) bond motifs is 2. The van der Waals surface area contributed by atoms with E-state index in [9.17, 15) is 24.3 Å². The van der Waals surface area contributed by atoms with Gasteiger partial charge in [0.25, 0.3) is 17.7 Å². The van der Waals surface area contributed by atoms with Crippen molar-refractivity contribution in [2.45, 2.75) is 38.9 Å². The maximum atomic E-state index is 13.1. The minimum absolute atomic E-state index is 0.00721. The van der Waals surface area contributed by atoms with E-state index >= 15 is 0 Å². The molecule has 1 atom stereocenters. The highest BCUT2D eigenvalue weighted by atomic mass is 16.5. The van der Waals surface area contributed by atoms with E-state index in [0.29, 0.717) is 55.9 Å². The second kappa shape index (κ2) is 11.5. The molecule has 5 rings (SSSR count). The lowest BCUT2D eigenvalue weighted by Gasteiger charge is -2.34. The number of piperidine rings is 1. The van der Waals surface area contributed by atoms with Gasteiger partial charge >= 0.3 is 0 Å². The molecular weight excluding hydrogens is 514 g/mol. The molecule has 1 unspecified atom stereocenters. The third kappa shape index (κ3) is 5.21. The van der Waals surface area contributed by atoms with Gasteiger partial charge in [0.15, 0.2) is 6.61 Å². The average molecular weight is 550 g/mol. The van der Waals surface area contributed by atoms with Gasteiger partial charge in [0.1, 0.15) is 11.9 Å². The number of hydrogen-bond acceptors (Lipinski definition) is 8. The molecule has 0 bridgehead atoms. The number of carbonyl (C=O) groups is 4. The van der Waals surface area contributed by atoms with E-state index < -0.39 is 0 Å². The van der Waals surface area contributed by atoms with Crippen LogP contribution in [0.3, 0.4) is 0 Å².